The van der Waals surface area contributed by atoms with E-state index in [4.69, 9.17) is 13.9 Å². The summed E-state index contributed by atoms with van der Waals surface area (Å²) in [7, 11) is 0. The number of aliphatic carboxylic acids is 1. The first-order valence-electron chi connectivity index (χ1n) is 6.61. The summed E-state index contributed by atoms with van der Waals surface area (Å²) in [6.07, 6.45) is 4.00. The highest BCUT2D eigenvalue weighted by Gasteiger charge is 2.20. The first kappa shape index (κ1) is 16.1. The number of amides is 2. The second-order valence-electron chi connectivity index (χ2n) is 4.54. The van der Waals surface area contributed by atoms with Crippen LogP contribution in [-0.2, 0) is 9.59 Å². The van der Waals surface area contributed by atoms with Crippen molar-refractivity contribution in [3.05, 3.63) is 54.0 Å². The van der Waals surface area contributed by atoms with Crippen LogP contribution in [0.1, 0.15) is 23.2 Å². The van der Waals surface area contributed by atoms with Gasteiger partial charge in [0.2, 0.25) is 0 Å². The third-order valence-corrected chi connectivity index (χ3v) is 2.79. The topological polar surface area (TPSA) is 122 Å². The molecule has 0 saturated heterocycles. The first-order chi connectivity index (χ1) is 11.0. The Hall–Kier alpha value is -3.29. The van der Waals surface area contributed by atoms with Gasteiger partial charge >= 0.3 is 5.97 Å². The molecule has 0 unspecified atom stereocenters. The lowest BCUT2D eigenvalue weighted by atomic mass is 10.2. The average molecular weight is 318 g/mol. The fourth-order valence-corrected chi connectivity index (χ4v) is 1.60. The van der Waals surface area contributed by atoms with Crippen LogP contribution in [0.4, 0.5) is 0 Å². The number of carbonyl (C=O) groups excluding carboxylic acids is 2. The summed E-state index contributed by atoms with van der Waals surface area (Å²) in [5.41, 5.74) is -0.172. The fraction of sp³-hybridized carbons (Fsp3) is 0.133. The highest BCUT2D eigenvalue weighted by molar-refractivity contribution is 6.05. The summed E-state index contributed by atoms with van der Waals surface area (Å²) >= 11 is 0. The van der Waals surface area contributed by atoms with E-state index in [1.54, 1.807) is 12.1 Å². The molecule has 1 atom stereocenters. The van der Waals surface area contributed by atoms with E-state index in [-0.39, 0.29) is 11.5 Å². The van der Waals surface area contributed by atoms with E-state index in [9.17, 15) is 14.4 Å². The predicted molar refractivity (Wildman–Crippen MR) is 78.1 cm³/mol. The molecule has 8 nitrogen and oxygen atoms in total. The van der Waals surface area contributed by atoms with Crippen LogP contribution in [-0.4, -0.2) is 28.9 Å². The van der Waals surface area contributed by atoms with Gasteiger partial charge in [0, 0.05) is 6.08 Å². The number of hydrogen-bond acceptors (Lipinski definition) is 5. The molecule has 0 bridgehead atoms. The molecule has 0 aliphatic heterocycles. The zero-order valence-electron chi connectivity index (χ0n) is 12.1. The van der Waals surface area contributed by atoms with Crippen LogP contribution in [0.15, 0.2) is 51.3 Å². The highest BCUT2D eigenvalue weighted by Crippen LogP contribution is 2.08. The predicted octanol–water partition coefficient (Wildman–Crippen LogP) is 1.23. The van der Waals surface area contributed by atoms with Crippen LogP contribution in [0.25, 0.3) is 6.08 Å². The zero-order chi connectivity index (χ0) is 16.8. The van der Waals surface area contributed by atoms with E-state index >= 15 is 0 Å². The third-order valence-electron chi connectivity index (χ3n) is 2.79. The molecule has 0 aliphatic rings. The minimum atomic E-state index is -1.20. The van der Waals surface area contributed by atoms with Crippen molar-refractivity contribution in [1.29, 1.82) is 0 Å². The number of nitrogens with one attached hydrogen (secondary N) is 2. The standard InChI is InChI=1S/C15H14N2O6/c1-9(15(20)21)16-13(18)11(8-10-4-2-6-22-10)17-14(19)12-5-3-7-23-12/h2-9H,1H3,(H,16,18)(H,17,19)(H,20,21)/b11-8+/t9-/m1/s1. The number of furan rings is 2. The molecule has 2 rings (SSSR count). The fourth-order valence-electron chi connectivity index (χ4n) is 1.60. The van der Waals surface area contributed by atoms with Crippen molar-refractivity contribution < 1.29 is 28.3 Å². The molecule has 23 heavy (non-hydrogen) atoms. The largest absolute Gasteiger partial charge is 0.480 e. The Labute approximate surface area is 130 Å². The van der Waals surface area contributed by atoms with Crippen LogP contribution >= 0.6 is 0 Å². The summed E-state index contributed by atoms with van der Waals surface area (Å²) in [4.78, 5) is 35.0. The Bertz CT molecular complexity index is 715. The molecule has 0 aromatic carbocycles. The maximum absolute atomic E-state index is 12.2. The molecule has 0 fully saturated rings. The van der Waals surface area contributed by atoms with E-state index in [1.807, 2.05) is 0 Å². The molecule has 120 valence electrons. The maximum Gasteiger partial charge on any atom is 0.325 e. The van der Waals surface area contributed by atoms with Gasteiger partial charge in [-0.1, -0.05) is 0 Å². The quantitative estimate of drug-likeness (QED) is 0.689. The molecule has 2 aromatic rings. The van der Waals surface area contributed by atoms with Gasteiger partial charge in [0.15, 0.2) is 5.76 Å². The lowest BCUT2D eigenvalue weighted by molar-refractivity contribution is -0.140. The van der Waals surface area contributed by atoms with Crippen molar-refractivity contribution in [3.8, 4) is 0 Å². The van der Waals surface area contributed by atoms with Gasteiger partial charge in [-0.25, -0.2) is 0 Å². The lowest BCUT2D eigenvalue weighted by Gasteiger charge is -2.12. The Balaban J connectivity index is 2.20. The molecule has 0 saturated carbocycles. The summed E-state index contributed by atoms with van der Waals surface area (Å²) in [5.74, 6) is -2.29. The Morgan fingerprint density at radius 2 is 1.87 bits per heavy atom. The molecule has 3 N–H and O–H groups in total. The van der Waals surface area contributed by atoms with Crippen LogP contribution in [0.2, 0.25) is 0 Å². The lowest BCUT2D eigenvalue weighted by Crippen LogP contribution is -2.42. The normalized spacial score (nSPS) is 12.5. The van der Waals surface area contributed by atoms with E-state index < -0.39 is 23.8 Å². The Kier molecular flexibility index (Phi) is 4.98. The Morgan fingerprint density at radius 3 is 2.43 bits per heavy atom. The van der Waals surface area contributed by atoms with Crippen LogP contribution in [0.3, 0.4) is 0 Å². The molecule has 2 heterocycles. The van der Waals surface area contributed by atoms with Crippen LogP contribution in [0, 0.1) is 0 Å². The number of carboxylic acids is 1. The first-order valence-corrected chi connectivity index (χ1v) is 6.61. The summed E-state index contributed by atoms with van der Waals surface area (Å²) in [6.45, 7) is 1.30. The van der Waals surface area contributed by atoms with Gasteiger partial charge in [0.05, 0.1) is 12.5 Å². The van der Waals surface area contributed by atoms with E-state index in [0.717, 1.165) is 0 Å². The van der Waals surface area contributed by atoms with Gasteiger partial charge < -0.3 is 24.6 Å². The maximum atomic E-state index is 12.2. The zero-order valence-corrected chi connectivity index (χ0v) is 12.1. The van der Waals surface area contributed by atoms with Crippen molar-refractivity contribution in [2.75, 3.05) is 0 Å². The van der Waals surface area contributed by atoms with E-state index in [0.29, 0.717) is 5.76 Å². The van der Waals surface area contributed by atoms with Crippen molar-refractivity contribution in [2.45, 2.75) is 13.0 Å². The van der Waals surface area contributed by atoms with E-state index in [1.165, 1.54) is 37.7 Å². The molecular formula is C15H14N2O6. The molecule has 8 heteroatoms. The number of carboxylic acid groups (broad SMARTS) is 1. The molecule has 0 aliphatic carbocycles. The SMILES string of the molecule is C[C@@H](NC(=O)/C(=C\c1ccco1)NC(=O)c1ccco1)C(=O)O. The van der Waals surface area contributed by atoms with Gasteiger partial charge in [-0.15, -0.1) is 0 Å². The van der Waals surface area contributed by atoms with Gasteiger partial charge in [-0.3, -0.25) is 14.4 Å². The third kappa shape index (κ3) is 4.34. The van der Waals surface area contributed by atoms with Gasteiger partial charge in [0.25, 0.3) is 11.8 Å². The molecular weight excluding hydrogens is 304 g/mol. The summed E-state index contributed by atoms with van der Waals surface area (Å²) < 4.78 is 10.0. The van der Waals surface area contributed by atoms with Crippen molar-refractivity contribution >= 4 is 23.9 Å². The number of carbonyl (C=O) groups is 3. The van der Waals surface area contributed by atoms with E-state index in [2.05, 4.69) is 10.6 Å². The number of rotatable bonds is 6. The van der Waals surface area contributed by atoms with Crippen molar-refractivity contribution in [3.63, 3.8) is 0 Å². The summed E-state index contributed by atoms with van der Waals surface area (Å²) in [6, 6.07) is 5.01. The molecule has 0 spiro atoms. The Morgan fingerprint density at radius 1 is 1.17 bits per heavy atom. The summed E-state index contributed by atoms with van der Waals surface area (Å²) in [5, 5.41) is 13.5. The molecule has 2 amide bonds. The molecule has 2 aromatic heterocycles. The van der Waals surface area contributed by atoms with Gasteiger partial charge in [0.1, 0.15) is 17.5 Å². The second-order valence-corrected chi connectivity index (χ2v) is 4.54. The molecule has 0 radical (unpaired) electrons. The minimum Gasteiger partial charge on any atom is -0.480 e. The van der Waals surface area contributed by atoms with Gasteiger partial charge in [-0.2, -0.15) is 0 Å². The minimum absolute atomic E-state index is 0.00873. The number of hydrogen-bond donors (Lipinski definition) is 3. The van der Waals surface area contributed by atoms with Crippen LogP contribution < -0.4 is 10.6 Å². The average Bonchev–Trinajstić information content (AvgIpc) is 3.19. The monoisotopic (exact) mass is 318 g/mol. The smallest absolute Gasteiger partial charge is 0.325 e. The highest BCUT2D eigenvalue weighted by atomic mass is 16.4. The van der Waals surface area contributed by atoms with Crippen molar-refractivity contribution in [2.24, 2.45) is 0 Å². The van der Waals surface area contributed by atoms with Crippen molar-refractivity contribution in [1.82, 2.24) is 10.6 Å². The second kappa shape index (κ2) is 7.12. The van der Waals surface area contributed by atoms with Crippen LogP contribution in [0.5, 0.6) is 0 Å². The van der Waals surface area contributed by atoms with Gasteiger partial charge in [-0.05, 0) is 31.2 Å².